The molecule has 100 valence electrons. The molecule has 0 radical (unpaired) electrons. The first kappa shape index (κ1) is 12.6. The number of carbonyl (C=O) groups excluding carboxylic acids is 1. The fraction of sp³-hybridized carbons (Fsp3) is 0.0714. The van der Waals surface area contributed by atoms with E-state index in [9.17, 15) is 9.59 Å². The zero-order valence-corrected chi connectivity index (χ0v) is 11.5. The molecule has 0 unspecified atom stereocenters. The van der Waals surface area contributed by atoms with Crippen LogP contribution in [0.25, 0.3) is 10.2 Å². The van der Waals surface area contributed by atoms with E-state index in [1.165, 1.54) is 29.7 Å². The van der Waals surface area contributed by atoms with Gasteiger partial charge >= 0.3 is 0 Å². The van der Waals surface area contributed by atoms with Gasteiger partial charge in [-0.25, -0.2) is 4.98 Å². The summed E-state index contributed by atoms with van der Waals surface area (Å²) in [5.74, 6) is -0.294. The molecule has 3 rings (SSSR count). The molecule has 20 heavy (non-hydrogen) atoms. The van der Waals surface area contributed by atoms with Gasteiger partial charge in [-0.05, 0) is 24.6 Å². The van der Waals surface area contributed by atoms with Gasteiger partial charge in [0.1, 0.15) is 0 Å². The second-order valence-corrected chi connectivity index (χ2v) is 5.37. The number of nitrogens with zero attached hydrogens (tertiary/aromatic N) is 1. The standard InChI is InChI=1S/C14H11N3O2S/c1-8-3-2-4-10-12(8)16-14(20-10)17-13(19)9-5-6-11(18)15-7-9/h2-7H,1H3,(H,15,18)(H,16,17,19). The van der Waals surface area contributed by atoms with Gasteiger partial charge < -0.3 is 4.98 Å². The average molecular weight is 285 g/mol. The Morgan fingerprint density at radius 2 is 2.15 bits per heavy atom. The largest absolute Gasteiger partial charge is 0.328 e. The van der Waals surface area contributed by atoms with Crippen molar-refractivity contribution in [3.63, 3.8) is 0 Å². The Morgan fingerprint density at radius 3 is 2.85 bits per heavy atom. The summed E-state index contributed by atoms with van der Waals surface area (Å²) in [6.07, 6.45) is 1.39. The summed E-state index contributed by atoms with van der Waals surface area (Å²) in [5, 5.41) is 3.29. The van der Waals surface area contributed by atoms with Gasteiger partial charge in [0.25, 0.3) is 5.91 Å². The zero-order valence-electron chi connectivity index (χ0n) is 10.6. The fourth-order valence-corrected chi connectivity index (χ4v) is 2.80. The molecule has 0 aliphatic rings. The number of pyridine rings is 1. The summed E-state index contributed by atoms with van der Waals surface area (Å²) in [6.45, 7) is 1.98. The highest BCUT2D eigenvalue weighted by Gasteiger charge is 2.10. The van der Waals surface area contributed by atoms with Crippen LogP contribution < -0.4 is 10.9 Å². The van der Waals surface area contributed by atoms with Gasteiger partial charge in [0.05, 0.1) is 15.8 Å². The van der Waals surface area contributed by atoms with Gasteiger partial charge in [0, 0.05) is 12.3 Å². The number of hydrogen-bond acceptors (Lipinski definition) is 4. The number of H-pyrrole nitrogens is 1. The van der Waals surface area contributed by atoms with Gasteiger partial charge in [-0.2, -0.15) is 0 Å². The minimum absolute atomic E-state index is 0.239. The molecule has 0 saturated heterocycles. The summed E-state index contributed by atoms with van der Waals surface area (Å²) in [6, 6.07) is 8.71. The van der Waals surface area contributed by atoms with Crippen molar-refractivity contribution in [2.45, 2.75) is 6.92 Å². The first-order valence-electron chi connectivity index (χ1n) is 6.00. The number of fused-ring (bicyclic) bond motifs is 1. The lowest BCUT2D eigenvalue weighted by Gasteiger charge is -2.00. The summed E-state index contributed by atoms with van der Waals surface area (Å²) >= 11 is 1.42. The number of benzene rings is 1. The molecule has 0 spiro atoms. The number of para-hydroxylation sites is 1. The lowest BCUT2D eigenvalue weighted by atomic mass is 10.2. The van der Waals surface area contributed by atoms with Gasteiger partial charge in [0.15, 0.2) is 5.13 Å². The highest BCUT2D eigenvalue weighted by Crippen LogP contribution is 2.28. The molecule has 0 bridgehead atoms. The molecule has 5 nitrogen and oxygen atoms in total. The van der Waals surface area contributed by atoms with E-state index in [1.54, 1.807) is 0 Å². The number of carbonyl (C=O) groups is 1. The molecule has 1 amide bonds. The minimum Gasteiger partial charge on any atom is -0.328 e. The van der Waals surface area contributed by atoms with Gasteiger partial charge in [-0.1, -0.05) is 23.5 Å². The maximum absolute atomic E-state index is 12.0. The zero-order chi connectivity index (χ0) is 14.1. The predicted octanol–water partition coefficient (Wildman–Crippen LogP) is 2.55. The molecule has 0 fully saturated rings. The van der Waals surface area contributed by atoms with E-state index in [0.29, 0.717) is 10.7 Å². The fourth-order valence-electron chi connectivity index (χ4n) is 1.86. The molecule has 0 atom stereocenters. The van der Waals surface area contributed by atoms with Crippen molar-refractivity contribution in [3.05, 3.63) is 58.0 Å². The van der Waals surface area contributed by atoms with E-state index < -0.39 is 0 Å². The molecule has 6 heteroatoms. The monoisotopic (exact) mass is 285 g/mol. The van der Waals surface area contributed by atoms with E-state index in [1.807, 2.05) is 25.1 Å². The molecule has 2 N–H and O–H groups in total. The lowest BCUT2D eigenvalue weighted by molar-refractivity contribution is 0.102. The highest BCUT2D eigenvalue weighted by atomic mass is 32.1. The van der Waals surface area contributed by atoms with Crippen LogP contribution in [-0.2, 0) is 0 Å². The van der Waals surface area contributed by atoms with Crippen molar-refractivity contribution in [3.8, 4) is 0 Å². The Labute approximate surface area is 118 Å². The maximum Gasteiger partial charge on any atom is 0.258 e. The van der Waals surface area contributed by atoms with Crippen molar-refractivity contribution in [2.75, 3.05) is 5.32 Å². The van der Waals surface area contributed by atoms with Gasteiger partial charge in [0.2, 0.25) is 5.56 Å². The third-order valence-corrected chi connectivity index (χ3v) is 3.82. The van der Waals surface area contributed by atoms with E-state index in [4.69, 9.17) is 0 Å². The first-order chi connectivity index (χ1) is 9.63. The minimum atomic E-state index is -0.294. The van der Waals surface area contributed by atoms with Crippen LogP contribution in [-0.4, -0.2) is 15.9 Å². The van der Waals surface area contributed by atoms with Crippen LogP contribution in [0.4, 0.5) is 5.13 Å². The number of rotatable bonds is 2. The molecule has 0 aliphatic carbocycles. The lowest BCUT2D eigenvalue weighted by Crippen LogP contribution is -2.14. The van der Waals surface area contributed by atoms with Crippen molar-refractivity contribution in [2.24, 2.45) is 0 Å². The topological polar surface area (TPSA) is 74.8 Å². The summed E-state index contributed by atoms with van der Waals surface area (Å²) in [7, 11) is 0. The van der Waals surface area contributed by atoms with Crippen LogP contribution in [0.2, 0.25) is 0 Å². The van der Waals surface area contributed by atoms with Crippen LogP contribution in [0.5, 0.6) is 0 Å². The maximum atomic E-state index is 12.0. The molecule has 2 heterocycles. The SMILES string of the molecule is Cc1cccc2sc(NC(=O)c3ccc(=O)[nH]c3)nc12. The Balaban J connectivity index is 1.89. The highest BCUT2D eigenvalue weighted by molar-refractivity contribution is 7.22. The van der Waals surface area contributed by atoms with Crippen molar-refractivity contribution < 1.29 is 4.79 Å². The Kier molecular flexibility index (Phi) is 3.08. The van der Waals surface area contributed by atoms with Crippen molar-refractivity contribution >= 4 is 32.6 Å². The van der Waals surface area contributed by atoms with Crippen molar-refractivity contribution in [1.82, 2.24) is 9.97 Å². The molecule has 0 saturated carbocycles. The van der Waals surface area contributed by atoms with Gasteiger partial charge in [-0.3, -0.25) is 14.9 Å². The van der Waals surface area contributed by atoms with Crippen LogP contribution in [0.1, 0.15) is 15.9 Å². The average Bonchev–Trinajstić information content (AvgIpc) is 2.83. The van der Waals surface area contributed by atoms with E-state index >= 15 is 0 Å². The Morgan fingerprint density at radius 1 is 1.30 bits per heavy atom. The summed E-state index contributed by atoms with van der Waals surface area (Å²) in [5.41, 5.74) is 2.12. The van der Waals surface area contributed by atoms with Crippen LogP contribution in [0, 0.1) is 6.92 Å². The number of amides is 1. The number of nitrogens with one attached hydrogen (secondary N) is 2. The number of hydrogen-bond donors (Lipinski definition) is 2. The van der Waals surface area contributed by atoms with Gasteiger partial charge in [-0.15, -0.1) is 0 Å². The van der Waals surface area contributed by atoms with Crippen LogP contribution >= 0.6 is 11.3 Å². The van der Waals surface area contributed by atoms with Crippen LogP contribution in [0.15, 0.2) is 41.3 Å². The quantitative estimate of drug-likeness (QED) is 0.759. The third kappa shape index (κ3) is 2.33. The van der Waals surface area contributed by atoms with Crippen LogP contribution in [0.3, 0.4) is 0 Å². The summed E-state index contributed by atoms with van der Waals surface area (Å²) < 4.78 is 1.03. The van der Waals surface area contributed by atoms with E-state index in [2.05, 4.69) is 15.3 Å². The smallest absolute Gasteiger partial charge is 0.258 e. The molecule has 0 aliphatic heterocycles. The second kappa shape index (κ2) is 4.90. The molecule has 2 aromatic heterocycles. The number of aromatic nitrogens is 2. The van der Waals surface area contributed by atoms with Crippen molar-refractivity contribution in [1.29, 1.82) is 0 Å². The summed E-state index contributed by atoms with van der Waals surface area (Å²) in [4.78, 5) is 29.9. The second-order valence-electron chi connectivity index (χ2n) is 4.34. The molecular weight excluding hydrogens is 274 g/mol. The molecule has 1 aromatic carbocycles. The van der Waals surface area contributed by atoms with E-state index in [-0.39, 0.29) is 11.5 Å². The normalized spacial score (nSPS) is 10.7. The number of thiazole rings is 1. The Hall–Kier alpha value is -2.47. The molecule has 3 aromatic rings. The Bertz CT molecular complexity index is 830. The van der Waals surface area contributed by atoms with E-state index in [0.717, 1.165) is 15.8 Å². The number of anilines is 1. The number of aryl methyl sites for hydroxylation is 1. The third-order valence-electron chi connectivity index (χ3n) is 2.89. The first-order valence-corrected chi connectivity index (χ1v) is 6.81. The molecular formula is C14H11N3O2S. The number of aromatic amines is 1. The predicted molar refractivity (Wildman–Crippen MR) is 79.4 cm³/mol.